The molecule has 1 fully saturated rings. The highest BCUT2D eigenvalue weighted by Gasteiger charge is 2.19. The van der Waals surface area contributed by atoms with E-state index in [1.54, 1.807) is 11.3 Å². The first kappa shape index (κ1) is 13.0. The lowest BCUT2D eigenvalue weighted by atomic mass is 10.1. The van der Waals surface area contributed by atoms with Crippen LogP contribution in [0.5, 0.6) is 0 Å². The number of nitrogens with one attached hydrogen (secondary N) is 1. The van der Waals surface area contributed by atoms with Crippen LogP contribution in [-0.2, 0) is 13.1 Å². The van der Waals surface area contributed by atoms with Gasteiger partial charge in [-0.15, -0.1) is 11.3 Å². The molecule has 0 bridgehead atoms. The van der Waals surface area contributed by atoms with Crippen molar-refractivity contribution in [3.05, 3.63) is 52.1 Å². The quantitative estimate of drug-likeness (QED) is 0.778. The average Bonchev–Trinajstić information content (AvgIpc) is 3.11. The molecule has 1 aliphatic rings. The lowest BCUT2D eigenvalue weighted by Crippen LogP contribution is -2.15. The summed E-state index contributed by atoms with van der Waals surface area (Å²) < 4.78 is 2.28. The zero-order valence-corrected chi connectivity index (χ0v) is 13.0. The smallest absolute Gasteiger partial charge is 0.0898 e. The molecular weight excluding hydrogens is 278 g/mol. The van der Waals surface area contributed by atoms with Crippen molar-refractivity contribution >= 4 is 22.2 Å². The van der Waals surface area contributed by atoms with E-state index in [0.717, 1.165) is 29.8 Å². The van der Waals surface area contributed by atoms with Crippen LogP contribution in [0, 0.1) is 6.92 Å². The molecule has 2 aromatic heterocycles. The maximum atomic E-state index is 4.55. The van der Waals surface area contributed by atoms with Crippen LogP contribution >= 0.6 is 11.3 Å². The summed E-state index contributed by atoms with van der Waals surface area (Å²) in [5, 5.41) is 8.17. The molecule has 21 heavy (non-hydrogen) atoms. The van der Waals surface area contributed by atoms with Gasteiger partial charge in [-0.25, -0.2) is 4.98 Å². The summed E-state index contributed by atoms with van der Waals surface area (Å²) >= 11 is 1.72. The Bertz CT molecular complexity index is 767. The van der Waals surface area contributed by atoms with Gasteiger partial charge in [0.1, 0.15) is 0 Å². The Labute approximate surface area is 128 Å². The first-order valence-electron chi connectivity index (χ1n) is 7.50. The van der Waals surface area contributed by atoms with Gasteiger partial charge in [-0.1, -0.05) is 6.07 Å². The minimum absolute atomic E-state index is 0.762. The average molecular weight is 297 g/mol. The van der Waals surface area contributed by atoms with Crippen molar-refractivity contribution in [1.82, 2.24) is 14.9 Å². The van der Waals surface area contributed by atoms with E-state index in [4.69, 9.17) is 0 Å². The van der Waals surface area contributed by atoms with Crippen molar-refractivity contribution in [2.24, 2.45) is 0 Å². The number of thiazole rings is 1. The highest BCUT2D eigenvalue weighted by atomic mass is 32.1. The normalized spacial score (nSPS) is 14.9. The van der Waals surface area contributed by atoms with Crippen LogP contribution in [0.15, 0.2) is 35.8 Å². The molecule has 0 unspecified atom stereocenters. The summed E-state index contributed by atoms with van der Waals surface area (Å²) in [6, 6.07) is 9.74. The van der Waals surface area contributed by atoms with Crippen molar-refractivity contribution in [3.63, 3.8) is 0 Å². The molecule has 1 aromatic carbocycles. The van der Waals surface area contributed by atoms with Gasteiger partial charge in [0.25, 0.3) is 0 Å². The van der Waals surface area contributed by atoms with Crippen LogP contribution in [0.2, 0.25) is 0 Å². The van der Waals surface area contributed by atoms with Crippen molar-refractivity contribution in [1.29, 1.82) is 0 Å². The van der Waals surface area contributed by atoms with Gasteiger partial charge < -0.3 is 9.88 Å². The van der Waals surface area contributed by atoms with E-state index in [1.807, 2.05) is 0 Å². The minimum Gasteiger partial charge on any atom is -0.341 e. The van der Waals surface area contributed by atoms with E-state index in [9.17, 15) is 0 Å². The first-order chi connectivity index (χ1) is 10.3. The molecule has 1 saturated carbocycles. The summed E-state index contributed by atoms with van der Waals surface area (Å²) in [5.74, 6) is 0. The van der Waals surface area contributed by atoms with Crippen LogP contribution in [0.3, 0.4) is 0 Å². The van der Waals surface area contributed by atoms with E-state index in [1.165, 1.54) is 29.3 Å². The van der Waals surface area contributed by atoms with Crippen LogP contribution in [0.1, 0.15) is 29.1 Å². The Balaban J connectivity index is 1.56. The van der Waals surface area contributed by atoms with E-state index < -0.39 is 0 Å². The molecule has 0 saturated heterocycles. The Hall–Kier alpha value is -1.65. The molecule has 1 aliphatic carbocycles. The van der Waals surface area contributed by atoms with Gasteiger partial charge in [0, 0.05) is 29.7 Å². The molecule has 0 spiro atoms. The fourth-order valence-corrected chi connectivity index (χ4v) is 3.31. The predicted octanol–water partition coefficient (Wildman–Crippen LogP) is 3.71. The van der Waals surface area contributed by atoms with Crippen molar-refractivity contribution in [2.45, 2.75) is 38.9 Å². The SMILES string of the molecule is Cc1nc(Cn2ccc3cc(CNC4CC4)ccc32)cs1. The summed E-state index contributed by atoms with van der Waals surface area (Å²) in [5.41, 5.74) is 3.81. The van der Waals surface area contributed by atoms with E-state index in [2.05, 4.69) is 57.6 Å². The maximum Gasteiger partial charge on any atom is 0.0898 e. The standard InChI is InChI=1S/C17H19N3S/c1-12-19-16(11-21-12)10-20-7-6-14-8-13(2-5-17(14)20)9-18-15-3-4-15/h2,5-8,11,15,18H,3-4,9-10H2,1H3. The number of hydrogen-bond acceptors (Lipinski definition) is 3. The summed E-state index contributed by atoms with van der Waals surface area (Å²) in [4.78, 5) is 4.55. The number of rotatable bonds is 5. The molecule has 0 aliphatic heterocycles. The van der Waals surface area contributed by atoms with Crippen LogP contribution in [-0.4, -0.2) is 15.6 Å². The lowest BCUT2D eigenvalue weighted by molar-refractivity contribution is 0.688. The van der Waals surface area contributed by atoms with Crippen molar-refractivity contribution in [2.75, 3.05) is 0 Å². The van der Waals surface area contributed by atoms with Gasteiger partial charge >= 0.3 is 0 Å². The van der Waals surface area contributed by atoms with Gasteiger partial charge in [-0.05, 0) is 48.9 Å². The first-order valence-corrected chi connectivity index (χ1v) is 8.38. The molecule has 1 N–H and O–H groups in total. The third-order valence-corrected chi connectivity index (χ3v) is 4.83. The van der Waals surface area contributed by atoms with Crippen molar-refractivity contribution < 1.29 is 0 Å². The Morgan fingerprint density at radius 3 is 3.00 bits per heavy atom. The van der Waals surface area contributed by atoms with Gasteiger partial charge in [-0.3, -0.25) is 0 Å². The second kappa shape index (κ2) is 5.28. The van der Waals surface area contributed by atoms with E-state index in [0.29, 0.717) is 0 Å². The van der Waals surface area contributed by atoms with E-state index in [-0.39, 0.29) is 0 Å². The summed E-state index contributed by atoms with van der Waals surface area (Å²) in [7, 11) is 0. The second-order valence-electron chi connectivity index (χ2n) is 5.85. The largest absolute Gasteiger partial charge is 0.341 e. The molecule has 2 heterocycles. The van der Waals surface area contributed by atoms with Crippen LogP contribution in [0.25, 0.3) is 10.9 Å². The Morgan fingerprint density at radius 1 is 1.33 bits per heavy atom. The minimum atomic E-state index is 0.762. The van der Waals surface area contributed by atoms with Gasteiger partial charge in [0.2, 0.25) is 0 Å². The summed E-state index contributed by atoms with van der Waals surface area (Å²) in [6.07, 6.45) is 4.84. The molecule has 3 aromatic rings. The fourth-order valence-electron chi connectivity index (χ4n) is 2.70. The maximum absolute atomic E-state index is 4.55. The highest BCUT2D eigenvalue weighted by molar-refractivity contribution is 7.09. The molecule has 4 rings (SSSR count). The number of nitrogens with zero attached hydrogens (tertiary/aromatic N) is 2. The Morgan fingerprint density at radius 2 is 2.24 bits per heavy atom. The predicted molar refractivity (Wildman–Crippen MR) is 87.8 cm³/mol. The zero-order valence-electron chi connectivity index (χ0n) is 12.2. The van der Waals surface area contributed by atoms with E-state index >= 15 is 0 Å². The third kappa shape index (κ3) is 2.87. The summed E-state index contributed by atoms with van der Waals surface area (Å²) in [6.45, 7) is 3.89. The topological polar surface area (TPSA) is 29.9 Å². The fraction of sp³-hybridized carbons (Fsp3) is 0.353. The van der Waals surface area contributed by atoms with Gasteiger partial charge in [-0.2, -0.15) is 0 Å². The second-order valence-corrected chi connectivity index (χ2v) is 6.91. The lowest BCUT2D eigenvalue weighted by Gasteiger charge is -2.06. The number of fused-ring (bicyclic) bond motifs is 1. The molecule has 0 radical (unpaired) electrons. The molecular formula is C17H19N3S. The number of aromatic nitrogens is 2. The number of aryl methyl sites for hydroxylation is 1. The molecule has 0 amide bonds. The van der Waals surface area contributed by atoms with Crippen molar-refractivity contribution in [3.8, 4) is 0 Å². The Kier molecular flexibility index (Phi) is 3.28. The monoisotopic (exact) mass is 297 g/mol. The third-order valence-electron chi connectivity index (χ3n) is 4.01. The molecule has 0 atom stereocenters. The zero-order chi connectivity index (χ0) is 14.2. The van der Waals surface area contributed by atoms with Gasteiger partial charge in [0.05, 0.1) is 17.2 Å². The van der Waals surface area contributed by atoms with Gasteiger partial charge in [0.15, 0.2) is 0 Å². The number of hydrogen-bond donors (Lipinski definition) is 1. The number of benzene rings is 1. The molecule has 3 nitrogen and oxygen atoms in total. The highest BCUT2D eigenvalue weighted by Crippen LogP contribution is 2.22. The molecule has 4 heteroatoms. The molecule has 108 valence electrons. The van der Waals surface area contributed by atoms with Crippen LogP contribution in [0.4, 0.5) is 0 Å². The van der Waals surface area contributed by atoms with Crippen LogP contribution < -0.4 is 5.32 Å².